The lowest BCUT2D eigenvalue weighted by Crippen LogP contribution is -2.37. The van der Waals surface area contributed by atoms with Crippen LogP contribution < -0.4 is 54.2 Å². The number of nitrogen functional groups attached to an aromatic ring is 4. The van der Waals surface area contributed by atoms with Crippen LogP contribution in [0, 0.1) is 11.8 Å². The minimum Gasteiger partial charge on any atom is -0.424 e. The van der Waals surface area contributed by atoms with E-state index in [1.807, 2.05) is 0 Å². The smallest absolute Gasteiger partial charge is 0.379 e. The Balaban J connectivity index is 0.000000154. The molecule has 20 atom stereocenters. The fraction of sp³-hybridized carbons (Fsp3) is 0.438. The summed E-state index contributed by atoms with van der Waals surface area (Å²) in [6.45, 7) is 3.74. The molecule has 50 heteroatoms. The zero-order chi connectivity index (χ0) is 83.2. The van der Waals surface area contributed by atoms with E-state index in [4.69, 9.17) is 70.2 Å². The number of halogens is 8. The van der Waals surface area contributed by atoms with Gasteiger partial charge in [0.15, 0.2) is 0 Å². The van der Waals surface area contributed by atoms with Gasteiger partial charge >= 0.3 is 15.2 Å². The van der Waals surface area contributed by atoms with Gasteiger partial charge in [0.1, 0.15) is 107 Å². The number of hydrogen-bond acceptors (Lipinski definition) is 32. The van der Waals surface area contributed by atoms with Crippen molar-refractivity contribution >= 4 is 137 Å². The molecule has 114 heavy (non-hydrogen) atoms. The summed E-state index contributed by atoms with van der Waals surface area (Å²) in [4.78, 5) is 88.2. The topological polar surface area (TPSA) is 594 Å². The summed E-state index contributed by atoms with van der Waals surface area (Å²) in [7, 11) is -7.88. The van der Waals surface area contributed by atoms with Gasteiger partial charge in [0.05, 0.1) is 73.9 Å². The predicted molar refractivity (Wildman–Crippen MR) is 407 cm³/mol. The van der Waals surface area contributed by atoms with Gasteiger partial charge in [-0.15, -0.1) is 20.4 Å². The molecule has 8 aromatic heterocycles. The number of para-hydroxylation sites is 2. The van der Waals surface area contributed by atoms with E-state index < -0.39 is 167 Å². The SMILES string of the molecule is CC(=O)[C@H](C)CP(=O)(OC[C@H]1O[C@@H](c2ccc3c(=O)[nH]c(N)nn23)C(F)(Br)[C@H]1O)Oc1ccccc1.CC(=O)[C@H](C)CP(=O)(OC[C@H]1O[C@@H](c2cnc3c(=O)[nH]c(N)nn23)C(F)(Br)[C@H]1O)Oc1ccccc1.Nc1nn2c([C@@H]3O[C@H](CO)[C@H](O)C3(F)Br)ccc2c(=O)[nH]1.Nc1nn2c([C@@H]3O[C@H](CO)[C@H](O)C3(F)Br)cnc2c(=O)[nH]1. The fourth-order valence-corrected chi connectivity index (χ4v) is 18.6. The van der Waals surface area contributed by atoms with Gasteiger partial charge in [-0.3, -0.25) is 57.8 Å². The number of aliphatic hydroxyl groups excluding tert-OH is 6. The number of carbonyl (C=O) groups excluding carboxylic acids is 2. The van der Waals surface area contributed by atoms with Gasteiger partial charge in [0.25, 0.3) is 22.2 Å². The van der Waals surface area contributed by atoms with Gasteiger partial charge in [-0.05, 0) is 126 Å². The number of aromatic amines is 4. The highest BCUT2D eigenvalue weighted by atomic mass is 79.9. The van der Waals surface area contributed by atoms with Crippen molar-refractivity contribution in [2.45, 2.75) is 119 Å². The fourth-order valence-electron chi connectivity index (χ4n) is 12.1. The van der Waals surface area contributed by atoms with Crippen molar-refractivity contribution in [3.05, 3.63) is 162 Å². The second kappa shape index (κ2) is 34.1. The molecule has 18 N–H and O–H groups in total. The van der Waals surface area contributed by atoms with Crippen molar-refractivity contribution in [1.29, 1.82) is 0 Å². The highest BCUT2D eigenvalue weighted by Gasteiger charge is 2.61. The number of anilines is 4. The number of alkyl halides is 8. The number of imidazole rings is 2. The molecule has 40 nitrogen and oxygen atoms in total. The van der Waals surface area contributed by atoms with Crippen molar-refractivity contribution in [1.82, 2.24) is 68.4 Å². The summed E-state index contributed by atoms with van der Waals surface area (Å²) in [5, 5.41) is 74.9. The quantitative estimate of drug-likeness (QED) is 0.0261. The van der Waals surface area contributed by atoms with Gasteiger partial charge in [-0.2, -0.15) is 0 Å². The number of ether oxygens (including phenoxy) is 4. The van der Waals surface area contributed by atoms with E-state index in [1.165, 1.54) is 50.5 Å². The molecule has 4 aliphatic heterocycles. The molecule has 12 heterocycles. The number of aliphatic hydroxyl groups is 6. The third-order valence-corrected chi connectivity index (χ3v) is 25.9. The molecule has 10 aromatic rings. The Kier molecular flexibility index (Phi) is 25.9. The first kappa shape index (κ1) is 86.6. The molecule has 0 radical (unpaired) electrons. The average Bonchev–Trinajstić information content (AvgIpc) is 1.61. The number of nitrogens with one attached hydrogen (secondary N) is 4. The second-order valence-electron chi connectivity index (χ2n) is 26.4. The first-order valence-corrected chi connectivity index (χ1v) is 40.4. The molecule has 0 amide bonds. The van der Waals surface area contributed by atoms with E-state index in [9.17, 15) is 67.1 Å². The van der Waals surface area contributed by atoms with Crippen LogP contribution in [0.1, 0.15) is 74.9 Å². The Labute approximate surface area is 670 Å². The Morgan fingerprint density at radius 1 is 0.482 bits per heavy atom. The molecule has 616 valence electrons. The highest BCUT2D eigenvalue weighted by Crippen LogP contribution is 2.56. The molecule has 6 unspecified atom stereocenters. The number of rotatable bonds is 22. The van der Waals surface area contributed by atoms with Crippen molar-refractivity contribution in [2.24, 2.45) is 11.8 Å². The Morgan fingerprint density at radius 3 is 1.08 bits per heavy atom. The van der Waals surface area contributed by atoms with Crippen LogP contribution in [0.15, 0.2) is 117 Å². The number of hydrogen-bond donors (Lipinski definition) is 14. The number of Topliss-reactive ketones (excluding diaryl/α,β-unsaturated/α-hetero) is 2. The van der Waals surface area contributed by atoms with Crippen LogP contribution in [-0.4, -0.2) is 216 Å². The van der Waals surface area contributed by atoms with Crippen LogP contribution in [0.4, 0.5) is 41.4 Å². The maximum Gasteiger partial charge on any atom is 0.379 e. The first-order chi connectivity index (χ1) is 53.5. The number of carbonyl (C=O) groups is 2. The number of fused-ring (bicyclic) bond motifs is 4. The van der Waals surface area contributed by atoms with Gasteiger partial charge < -0.3 is 81.6 Å². The summed E-state index contributed by atoms with van der Waals surface area (Å²) < 4.78 is 127. The highest BCUT2D eigenvalue weighted by molar-refractivity contribution is 9.10. The van der Waals surface area contributed by atoms with Gasteiger partial charge in [-0.25, -0.2) is 54.7 Å². The van der Waals surface area contributed by atoms with Crippen molar-refractivity contribution in [2.75, 3.05) is 61.7 Å². The van der Waals surface area contributed by atoms with E-state index in [2.05, 4.69) is 114 Å². The maximum absolute atomic E-state index is 15.7. The Bertz CT molecular complexity index is 5200. The van der Waals surface area contributed by atoms with E-state index >= 15 is 8.78 Å². The van der Waals surface area contributed by atoms with Crippen LogP contribution in [0.2, 0.25) is 0 Å². The van der Waals surface area contributed by atoms with Crippen LogP contribution in [0.25, 0.3) is 22.3 Å². The molecule has 0 bridgehead atoms. The van der Waals surface area contributed by atoms with E-state index in [0.717, 1.165) is 18.1 Å². The lowest BCUT2D eigenvalue weighted by Gasteiger charge is -2.24. The lowest BCUT2D eigenvalue weighted by atomic mass is 10.1. The Morgan fingerprint density at radius 2 is 0.772 bits per heavy atom. The van der Waals surface area contributed by atoms with Gasteiger partial charge in [-0.1, -0.05) is 50.2 Å². The van der Waals surface area contributed by atoms with E-state index in [1.54, 1.807) is 74.5 Å². The third kappa shape index (κ3) is 17.8. The number of nitrogens with two attached hydrogens (primary N) is 4. The summed E-state index contributed by atoms with van der Waals surface area (Å²) in [5.74, 6) is -1.94. The molecule has 4 saturated heterocycles. The largest absolute Gasteiger partial charge is 0.424 e. The maximum atomic E-state index is 15.7. The predicted octanol–water partition coefficient (Wildman–Crippen LogP) is 3.67. The van der Waals surface area contributed by atoms with Crippen LogP contribution in [0.5, 0.6) is 11.5 Å². The van der Waals surface area contributed by atoms with Crippen molar-refractivity contribution in [3.8, 4) is 11.5 Å². The molecule has 4 aliphatic rings. The zero-order valence-electron chi connectivity index (χ0n) is 59.5. The molecule has 0 saturated carbocycles. The number of H-pyrrole nitrogens is 4. The summed E-state index contributed by atoms with van der Waals surface area (Å²) in [6.07, 6.45) is -15.1. The van der Waals surface area contributed by atoms with E-state index in [-0.39, 0.29) is 104 Å². The minimum atomic E-state index is -3.95. The lowest BCUT2D eigenvalue weighted by molar-refractivity contribution is -0.120. The summed E-state index contributed by atoms with van der Waals surface area (Å²) in [6, 6.07) is 22.2. The summed E-state index contributed by atoms with van der Waals surface area (Å²) in [5.41, 5.74) is 20.3. The van der Waals surface area contributed by atoms with Gasteiger partial charge in [0.2, 0.25) is 53.4 Å². The third-order valence-electron chi connectivity index (χ3n) is 18.3. The second-order valence-corrected chi connectivity index (χ2v) is 35.3. The van der Waals surface area contributed by atoms with Crippen LogP contribution in [-0.2, 0) is 46.7 Å². The van der Waals surface area contributed by atoms with Gasteiger partial charge in [0, 0.05) is 11.8 Å². The number of aromatic nitrogens is 14. The van der Waals surface area contributed by atoms with Crippen LogP contribution >= 0.6 is 78.9 Å². The van der Waals surface area contributed by atoms with E-state index in [0.29, 0.717) is 0 Å². The first-order valence-electron chi connectivity index (χ1n) is 33.8. The minimum absolute atomic E-state index is 0.00218. The van der Waals surface area contributed by atoms with Crippen LogP contribution in [0.3, 0.4) is 0 Å². The molecule has 4 fully saturated rings. The normalized spacial score (nSPS) is 28.9. The molecular weight excluding hydrogens is 1830 g/mol. The number of nitrogens with zero attached hydrogens (tertiary/aromatic N) is 10. The van der Waals surface area contributed by atoms with Crippen molar-refractivity contribution in [3.63, 3.8) is 0 Å². The monoisotopic (exact) mass is 1900 g/mol. The molecule has 14 rings (SSSR count). The molecular formula is C64H72Br4F4N18O22P2. The summed E-state index contributed by atoms with van der Waals surface area (Å²) >= 11 is 11.3. The molecule has 2 aromatic carbocycles. The zero-order valence-corrected chi connectivity index (χ0v) is 67.6. The standard InChI is InChI=1S/C22H25BrFN4O7P.C21H24BrFN5O7P.C11H12BrFN4O4.C10H11BrFN5O4/c1-12(13(2)29)11-36(32,35-14-6-4-3-5-7-14)33-10-17-18(30)22(23,24)19(34-17)15-8-9-16-20(31)26-21(25)27-28(15)16;1-11(12(2)29)10-36(32,35-13-6-4-3-5-7-13)33-9-15-16(30)21(22,23)17(34-15)14-8-25-18-19(31)26-20(24)27-28(14)18;12-11(13)7(19)6(3-18)21-8(11)4-1-2-5-9(20)15-10(14)16-17(4)5;11-10(12)5(19)4(2-18)21-6(10)3-1-14-7-8(20)15-9(13)16-17(3)7/h3-9,12,17-19,30H,10-11H2,1-2H3,(H3,25,26,27,31);3-8,11,15-17,30H,9-10H2,1-2H3,(H3,24,26,27,31);1-2,6-8,18-19H,3H2,(H3,14,15,16,20);1,4-6,18-19H,2H2,(H3,13,15,16,20)/t12-,17-,18+,19+,22?,36?;11-,15-,16+,17+,21?,36?;6-,7+,8+,11?;4-,5+,6+,10?/m1111/s1. The average molecular weight is 1900 g/mol. The van der Waals surface area contributed by atoms with Crippen molar-refractivity contribution < 1.29 is 104 Å². The molecule has 0 spiro atoms. The Hall–Kier alpha value is -8.26. The molecule has 0 aliphatic carbocycles. The number of ketones is 2. The number of benzene rings is 2.